The Bertz CT molecular complexity index is 981. The number of carbonyl (C=O) groups excluding carboxylic acids is 3. The number of hydrogen-bond acceptors (Lipinski definition) is 6. The highest BCUT2D eigenvalue weighted by Gasteiger charge is 2.29. The maximum atomic E-state index is 12.5. The Morgan fingerprint density at radius 1 is 1.29 bits per heavy atom. The first-order chi connectivity index (χ1) is 13.4. The third-order valence-corrected chi connectivity index (χ3v) is 4.26. The zero-order chi connectivity index (χ0) is 20.3. The number of rotatable bonds is 5. The molecule has 1 unspecified atom stereocenters. The number of piperidine rings is 1. The Hall–Kier alpha value is -3.49. The van der Waals surface area contributed by atoms with Crippen molar-refractivity contribution in [2.75, 3.05) is 6.61 Å². The lowest BCUT2D eigenvalue weighted by Gasteiger charge is -2.21. The van der Waals surface area contributed by atoms with Gasteiger partial charge in [-0.05, 0) is 44.5 Å². The Kier molecular flexibility index (Phi) is 5.53. The number of aromatic nitrogens is 2. The standard InChI is InChI=1S/C19H20N4O5/c1-3-28-13-6-4-12(5-7-13)23-11(2)10-15(24)17(22-23)19(27)20-14-8-9-16(25)21-18(14)26/h4-7,10,14H,3,8-9H2,1-2H3,(H,20,27)(H,21,25,26). The maximum absolute atomic E-state index is 12.5. The molecule has 0 saturated carbocycles. The van der Waals surface area contributed by atoms with Crippen LogP contribution < -0.4 is 20.8 Å². The molecule has 1 aliphatic rings. The van der Waals surface area contributed by atoms with E-state index in [0.29, 0.717) is 23.7 Å². The van der Waals surface area contributed by atoms with E-state index >= 15 is 0 Å². The summed E-state index contributed by atoms with van der Waals surface area (Å²) in [5, 5.41) is 8.80. The number of benzene rings is 1. The molecule has 2 aromatic rings. The number of imide groups is 1. The van der Waals surface area contributed by atoms with Crippen LogP contribution in [-0.4, -0.2) is 40.2 Å². The largest absolute Gasteiger partial charge is 0.494 e. The van der Waals surface area contributed by atoms with Crippen molar-refractivity contribution in [3.63, 3.8) is 0 Å². The average molecular weight is 384 g/mol. The number of nitrogens with one attached hydrogen (secondary N) is 2. The van der Waals surface area contributed by atoms with Gasteiger partial charge in [-0.1, -0.05) is 0 Å². The van der Waals surface area contributed by atoms with E-state index in [0.717, 1.165) is 0 Å². The molecule has 1 saturated heterocycles. The molecule has 1 atom stereocenters. The van der Waals surface area contributed by atoms with Crippen LogP contribution in [0.15, 0.2) is 35.1 Å². The summed E-state index contributed by atoms with van der Waals surface area (Å²) in [5.74, 6) is -1.05. The number of nitrogens with zero attached hydrogens (tertiary/aromatic N) is 2. The fraction of sp³-hybridized carbons (Fsp3) is 0.316. The van der Waals surface area contributed by atoms with Gasteiger partial charge in [0.15, 0.2) is 5.69 Å². The predicted molar refractivity (Wildman–Crippen MR) is 99.4 cm³/mol. The van der Waals surface area contributed by atoms with Crippen molar-refractivity contribution in [1.29, 1.82) is 0 Å². The van der Waals surface area contributed by atoms with Crippen molar-refractivity contribution in [1.82, 2.24) is 20.4 Å². The average Bonchev–Trinajstić information content (AvgIpc) is 2.65. The third kappa shape index (κ3) is 4.08. The van der Waals surface area contributed by atoms with Gasteiger partial charge in [-0.2, -0.15) is 5.10 Å². The van der Waals surface area contributed by atoms with Crippen LogP contribution >= 0.6 is 0 Å². The van der Waals surface area contributed by atoms with Crippen LogP contribution in [0.1, 0.15) is 35.9 Å². The summed E-state index contributed by atoms with van der Waals surface area (Å²) >= 11 is 0. The van der Waals surface area contributed by atoms with Gasteiger partial charge in [0.1, 0.15) is 11.8 Å². The SMILES string of the molecule is CCOc1ccc(-n2nc(C(=O)NC3CCC(=O)NC3=O)c(=O)cc2C)cc1. The minimum atomic E-state index is -0.883. The topological polar surface area (TPSA) is 119 Å². The highest BCUT2D eigenvalue weighted by atomic mass is 16.5. The molecule has 1 aromatic carbocycles. The van der Waals surface area contributed by atoms with Gasteiger partial charge in [0.05, 0.1) is 12.3 Å². The second kappa shape index (κ2) is 8.03. The predicted octanol–water partition coefficient (Wildman–Crippen LogP) is 0.475. The lowest BCUT2D eigenvalue weighted by Crippen LogP contribution is -2.53. The Labute approximate surface area is 160 Å². The molecule has 1 aliphatic heterocycles. The molecule has 2 heterocycles. The van der Waals surface area contributed by atoms with Crippen molar-refractivity contribution < 1.29 is 19.1 Å². The van der Waals surface area contributed by atoms with Crippen LogP contribution in [-0.2, 0) is 9.59 Å². The van der Waals surface area contributed by atoms with E-state index in [1.807, 2.05) is 6.92 Å². The second-order valence-corrected chi connectivity index (χ2v) is 6.31. The Morgan fingerprint density at radius 2 is 2.00 bits per heavy atom. The summed E-state index contributed by atoms with van der Waals surface area (Å²) in [7, 11) is 0. The molecule has 3 rings (SSSR count). The van der Waals surface area contributed by atoms with Crippen LogP contribution in [0.4, 0.5) is 0 Å². The highest BCUT2D eigenvalue weighted by Crippen LogP contribution is 2.16. The van der Waals surface area contributed by atoms with Crippen LogP contribution in [0.3, 0.4) is 0 Å². The number of hydrogen-bond donors (Lipinski definition) is 2. The first-order valence-electron chi connectivity index (χ1n) is 8.88. The van der Waals surface area contributed by atoms with Crippen LogP contribution in [0.2, 0.25) is 0 Å². The smallest absolute Gasteiger partial charge is 0.276 e. The Balaban J connectivity index is 1.86. The van der Waals surface area contributed by atoms with Gasteiger partial charge < -0.3 is 10.1 Å². The van der Waals surface area contributed by atoms with Gasteiger partial charge in [0.2, 0.25) is 17.2 Å². The van der Waals surface area contributed by atoms with Crippen molar-refractivity contribution >= 4 is 17.7 Å². The molecular weight excluding hydrogens is 364 g/mol. The molecule has 9 heteroatoms. The summed E-state index contributed by atoms with van der Waals surface area (Å²) < 4.78 is 6.87. The molecule has 0 radical (unpaired) electrons. The van der Waals surface area contributed by atoms with E-state index in [2.05, 4.69) is 15.7 Å². The first kappa shape index (κ1) is 19.3. The van der Waals surface area contributed by atoms with Gasteiger partial charge in [0, 0.05) is 18.2 Å². The monoisotopic (exact) mass is 384 g/mol. The number of amides is 3. The summed E-state index contributed by atoms with van der Waals surface area (Å²) in [6, 6.07) is 7.48. The van der Waals surface area contributed by atoms with E-state index in [9.17, 15) is 19.2 Å². The lowest BCUT2D eigenvalue weighted by molar-refractivity contribution is -0.134. The summed E-state index contributed by atoms with van der Waals surface area (Å²) in [4.78, 5) is 47.8. The molecule has 0 spiro atoms. The molecule has 1 aromatic heterocycles. The molecule has 0 aliphatic carbocycles. The second-order valence-electron chi connectivity index (χ2n) is 6.31. The molecule has 146 valence electrons. The van der Waals surface area contributed by atoms with Crippen molar-refractivity contribution in [3.05, 3.63) is 51.9 Å². The molecule has 28 heavy (non-hydrogen) atoms. The summed E-state index contributed by atoms with van der Waals surface area (Å²) in [6.45, 7) is 4.13. The van der Waals surface area contributed by atoms with Crippen LogP contribution in [0, 0.1) is 6.92 Å². The molecule has 9 nitrogen and oxygen atoms in total. The summed E-state index contributed by atoms with van der Waals surface area (Å²) in [5.41, 5.74) is 0.316. The highest BCUT2D eigenvalue weighted by molar-refractivity contribution is 6.03. The van der Waals surface area contributed by atoms with E-state index in [4.69, 9.17) is 4.74 Å². The van der Waals surface area contributed by atoms with E-state index in [-0.39, 0.29) is 24.4 Å². The molecule has 3 amide bonds. The third-order valence-electron chi connectivity index (χ3n) is 4.26. The fourth-order valence-electron chi connectivity index (χ4n) is 2.87. The normalized spacial score (nSPS) is 16.4. The number of carbonyl (C=O) groups is 3. The molecule has 2 N–H and O–H groups in total. The summed E-state index contributed by atoms with van der Waals surface area (Å²) in [6.07, 6.45) is 0.295. The van der Waals surface area contributed by atoms with Crippen LogP contribution in [0.25, 0.3) is 5.69 Å². The van der Waals surface area contributed by atoms with Gasteiger partial charge in [-0.15, -0.1) is 0 Å². The van der Waals surface area contributed by atoms with Crippen molar-refractivity contribution in [2.24, 2.45) is 0 Å². The van der Waals surface area contributed by atoms with Gasteiger partial charge >= 0.3 is 0 Å². The van der Waals surface area contributed by atoms with Gasteiger partial charge in [-0.25, -0.2) is 4.68 Å². The van der Waals surface area contributed by atoms with Crippen LogP contribution in [0.5, 0.6) is 5.75 Å². The Morgan fingerprint density at radius 3 is 2.64 bits per heavy atom. The van der Waals surface area contributed by atoms with E-state index in [1.165, 1.54) is 10.7 Å². The quantitative estimate of drug-likeness (QED) is 0.724. The number of ether oxygens (including phenoxy) is 1. The van der Waals surface area contributed by atoms with Gasteiger partial charge in [-0.3, -0.25) is 24.5 Å². The van der Waals surface area contributed by atoms with Gasteiger partial charge in [0.25, 0.3) is 5.91 Å². The van der Waals surface area contributed by atoms with Crippen molar-refractivity contribution in [3.8, 4) is 11.4 Å². The zero-order valence-corrected chi connectivity index (χ0v) is 15.5. The zero-order valence-electron chi connectivity index (χ0n) is 15.5. The minimum absolute atomic E-state index is 0.119. The maximum Gasteiger partial charge on any atom is 0.276 e. The molecular formula is C19H20N4O5. The minimum Gasteiger partial charge on any atom is -0.494 e. The fourth-order valence-corrected chi connectivity index (χ4v) is 2.87. The first-order valence-corrected chi connectivity index (χ1v) is 8.88. The number of aryl methyl sites for hydroxylation is 1. The van der Waals surface area contributed by atoms with E-state index < -0.39 is 23.3 Å². The molecule has 1 fully saturated rings. The molecule has 0 bridgehead atoms. The van der Waals surface area contributed by atoms with E-state index in [1.54, 1.807) is 31.2 Å². The van der Waals surface area contributed by atoms with Crippen molar-refractivity contribution in [2.45, 2.75) is 32.7 Å². The lowest BCUT2D eigenvalue weighted by atomic mass is 10.1.